The van der Waals surface area contributed by atoms with E-state index in [-0.39, 0.29) is 12.8 Å². The summed E-state index contributed by atoms with van der Waals surface area (Å²) in [4.78, 5) is 38.8. The van der Waals surface area contributed by atoms with Crippen molar-refractivity contribution in [3.63, 3.8) is 0 Å². The van der Waals surface area contributed by atoms with Gasteiger partial charge in [0.25, 0.3) is 5.91 Å². The third-order valence-corrected chi connectivity index (χ3v) is 6.31. The molecule has 8 heteroatoms. The van der Waals surface area contributed by atoms with Crippen molar-refractivity contribution in [3.05, 3.63) is 59.7 Å². The summed E-state index contributed by atoms with van der Waals surface area (Å²) < 4.78 is 27.0. The highest BCUT2D eigenvalue weighted by atomic mass is 19.3. The summed E-state index contributed by atoms with van der Waals surface area (Å²) in [5, 5.41) is 12.5. The first kappa shape index (κ1) is 22.1. The summed E-state index contributed by atoms with van der Waals surface area (Å²) in [6, 6.07) is 13.4. The van der Waals surface area contributed by atoms with Crippen LogP contribution in [0.1, 0.15) is 54.6 Å². The van der Waals surface area contributed by atoms with Gasteiger partial charge in [0.2, 0.25) is 5.92 Å². The van der Waals surface area contributed by atoms with Gasteiger partial charge in [-0.1, -0.05) is 48.5 Å². The fraction of sp³-hybridized carbons (Fsp3) is 0.375. The minimum atomic E-state index is -2.84. The molecule has 6 nitrogen and oxygen atoms in total. The first-order valence-electron chi connectivity index (χ1n) is 10.5. The van der Waals surface area contributed by atoms with Gasteiger partial charge in [0.15, 0.2) is 5.78 Å². The van der Waals surface area contributed by atoms with Gasteiger partial charge in [-0.05, 0) is 36.5 Å². The van der Waals surface area contributed by atoms with Gasteiger partial charge in [-0.25, -0.2) is 13.6 Å². The number of alkyl halides is 2. The molecule has 2 aromatic rings. The molecular formula is C24H24F2N2O4. The van der Waals surface area contributed by atoms with Gasteiger partial charge in [-0.15, -0.1) is 0 Å². The Morgan fingerprint density at radius 3 is 2.31 bits per heavy atom. The lowest BCUT2D eigenvalue weighted by molar-refractivity contribution is -0.135. The van der Waals surface area contributed by atoms with Crippen LogP contribution in [0, 0.1) is 0 Å². The van der Waals surface area contributed by atoms with Gasteiger partial charge >= 0.3 is 6.03 Å². The maximum absolute atomic E-state index is 13.5. The molecule has 32 heavy (non-hydrogen) atoms. The molecular weight excluding hydrogens is 418 g/mol. The van der Waals surface area contributed by atoms with Crippen molar-refractivity contribution in [3.8, 4) is 11.1 Å². The summed E-state index contributed by atoms with van der Waals surface area (Å²) in [6.07, 6.45) is -1.90. The van der Waals surface area contributed by atoms with Gasteiger partial charge in [-0.2, -0.15) is 0 Å². The lowest BCUT2D eigenvalue weighted by atomic mass is 9.80. The van der Waals surface area contributed by atoms with E-state index in [4.69, 9.17) is 0 Å². The van der Waals surface area contributed by atoms with E-state index < -0.39 is 54.7 Å². The highest BCUT2D eigenvalue weighted by Crippen LogP contribution is 2.41. The summed E-state index contributed by atoms with van der Waals surface area (Å²) in [5.41, 5.74) is 1.39. The fourth-order valence-corrected chi connectivity index (χ4v) is 4.40. The van der Waals surface area contributed by atoms with E-state index in [9.17, 15) is 28.3 Å². The number of carbonyl (C=O) groups excluding carboxylic acids is 3. The van der Waals surface area contributed by atoms with Crippen LogP contribution in [0.25, 0.3) is 11.1 Å². The predicted octanol–water partition coefficient (Wildman–Crippen LogP) is 4.09. The van der Waals surface area contributed by atoms with Gasteiger partial charge < -0.3 is 10.4 Å². The molecule has 168 valence electrons. The predicted molar refractivity (Wildman–Crippen MR) is 113 cm³/mol. The van der Waals surface area contributed by atoms with E-state index >= 15 is 0 Å². The lowest BCUT2D eigenvalue weighted by Gasteiger charge is -2.34. The van der Waals surface area contributed by atoms with Crippen molar-refractivity contribution in [1.82, 2.24) is 10.2 Å². The summed E-state index contributed by atoms with van der Waals surface area (Å²) >= 11 is 0. The maximum atomic E-state index is 13.5. The van der Waals surface area contributed by atoms with Crippen molar-refractivity contribution < 1.29 is 28.3 Å². The number of halogens is 2. The van der Waals surface area contributed by atoms with E-state index in [2.05, 4.69) is 5.32 Å². The fourth-order valence-electron chi connectivity index (χ4n) is 4.40. The Morgan fingerprint density at radius 2 is 1.69 bits per heavy atom. The zero-order valence-electron chi connectivity index (χ0n) is 17.6. The van der Waals surface area contributed by atoms with Crippen molar-refractivity contribution in [2.24, 2.45) is 0 Å². The van der Waals surface area contributed by atoms with Crippen LogP contribution in [-0.4, -0.2) is 45.7 Å². The molecule has 2 fully saturated rings. The number of urea groups is 1. The molecule has 3 amide bonds. The van der Waals surface area contributed by atoms with E-state index in [1.807, 2.05) is 24.3 Å². The SMILES string of the molecule is CC(O)c1ccccc1-c1ccc(C(=O)CN2C(=O)NC3(CCC(F)(F)CC3)C2=O)cc1. The molecule has 1 saturated heterocycles. The zero-order chi connectivity index (χ0) is 23.1. The molecule has 2 N–H and O–H groups in total. The van der Waals surface area contributed by atoms with Crippen molar-refractivity contribution in [2.45, 2.75) is 50.2 Å². The normalized spacial score (nSPS) is 20.3. The molecule has 1 aliphatic heterocycles. The number of Topliss-reactive ketones (excluding diaryl/α,β-unsaturated/α-hetero) is 1. The Hall–Kier alpha value is -3.13. The van der Waals surface area contributed by atoms with Crippen LogP contribution in [0.2, 0.25) is 0 Å². The molecule has 1 spiro atoms. The van der Waals surface area contributed by atoms with Gasteiger partial charge in [-0.3, -0.25) is 14.5 Å². The number of imide groups is 1. The number of hydrogen-bond acceptors (Lipinski definition) is 4. The molecule has 1 aliphatic carbocycles. The van der Waals surface area contributed by atoms with Crippen molar-refractivity contribution >= 4 is 17.7 Å². The minimum Gasteiger partial charge on any atom is -0.389 e. The topological polar surface area (TPSA) is 86.7 Å². The Bertz CT molecular complexity index is 1060. The van der Waals surface area contributed by atoms with Gasteiger partial charge in [0.05, 0.1) is 12.6 Å². The Labute approximate surface area is 184 Å². The standard InChI is InChI=1S/C24H24F2N2O4/c1-15(29)18-4-2-3-5-19(18)16-6-8-17(9-7-16)20(30)14-28-21(31)23(27-22(28)32)10-12-24(25,26)13-11-23/h2-9,15,29H,10-14H2,1H3,(H,27,32). The molecule has 4 rings (SSSR count). The number of aliphatic hydroxyl groups is 1. The number of benzene rings is 2. The van der Waals surface area contributed by atoms with Crippen LogP contribution >= 0.6 is 0 Å². The Kier molecular flexibility index (Phi) is 5.58. The number of ketones is 1. The zero-order valence-corrected chi connectivity index (χ0v) is 17.6. The number of rotatable bonds is 5. The van der Waals surface area contributed by atoms with Crippen LogP contribution in [0.15, 0.2) is 48.5 Å². The highest BCUT2D eigenvalue weighted by Gasteiger charge is 2.55. The number of nitrogens with zero attached hydrogens (tertiary/aromatic N) is 1. The molecule has 2 aromatic carbocycles. The summed E-state index contributed by atoms with van der Waals surface area (Å²) in [7, 11) is 0. The van der Waals surface area contributed by atoms with Crippen LogP contribution in [0.5, 0.6) is 0 Å². The Morgan fingerprint density at radius 1 is 1.06 bits per heavy atom. The van der Waals surface area contributed by atoms with Crippen LogP contribution in [0.3, 0.4) is 0 Å². The van der Waals surface area contributed by atoms with E-state index in [1.54, 1.807) is 31.2 Å². The maximum Gasteiger partial charge on any atom is 0.325 e. The number of carbonyl (C=O) groups is 3. The Balaban J connectivity index is 1.48. The van der Waals surface area contributed by atoms with E-state index in [0.29, 0.717) is 5.56 Å². The summed E-state index contributed by atoms with van der Waals surface area (Å²) in [5.74, 6) is -3.89. The molecule has 0 radical (unpaired) electrons. The number of nitrogens with one attached hydrogen (secondary N) is 1. The first-order chi connectivity index (χ1) is 15.1. The van der Waals surface area contributed by atoms with Crippen molar-refractivity contribution in [1.29, 1.82) is 0 Å². The van der Waals surface area contributed by atoms with E-state index in [1.165, 1.54) is 0 Å². The molecule has 1 saturated carbocycles. The molecule has 1 unspecified atom stereocenters. The van der Waals surface area contributed by atoms with Crippen molar-refractivity contribution in [2.75, 3.05) is 6.54 Å². The molecule has 2 aliphatic rings. The minimum absolute atomic E-state index is 0.146. The second-order valence-electron chi connectivity index (χ2n) is 8.52. The number of aliphatic hydroxyl groups excluding tert-OH is 1. The smallest absolute Gasteiger partial charge is 0.325 e. The van der Waals surface area contributed by atoms with Crippen LogP contribution in [0.4, 0.5) is 13.6 Å². The number of hydrogen-bond donors (Lipinski definition) is 2. The second kappa shape index (κ2) is 8.09. The third kappa shape index (κ3) is 4.02. The monoisotopic (exact) mass is 442 g/mol. The average Bonchev–Trinajstić information content (AvgIpc) is 3.00. The van der Waals surface area contributed by atoms with Crippen LogP contribution < -0.4 is 5.32 Å². The van der Waals surface area contributed by atoms with Gasteiger partial charge in [0.1, 0.15) is 5.54 Å². The highest BCUT2D eigenvalue weighted by molar-refractivity contribution is 6.11. The number of amides is 3. The quantitative estimate of drug-likeness (QED) is 0.540. The lowest BCUT2D eigenvalue weighted by Crippen LogP contribution is -2.51. The molecule has 1 atom stereocenters. The summed E-state index contributed by atoms with van der Waals surface area (Å²) in [6.45, 7) is 1.22. The van der Waals surface area contributed by atoms with Crippen LogP contribution in [-0.2, 0) is 4.79 Å². The molecule has 0 aromatic heterocycles. The average molecular weight is 442 g/mol. The van der Waals surface area contributed by atoms with Gasteiger partial charge in [0, 0.05) is 18.4 Å². The second-order valence-corrected chi connectivity index (χ2v) is 8.52. The molecule has 0 bridgehead atoms. The first-order valence-corrected chi connectivity index (χ1v) is 10.5. The van der Waals surface area contributed by atoms with E-state index in [0.717, 1.165) is 21.6 Å². The largest absolute Gasteiger partial charge is 0.389 e. The third-order valence-electron chi connectivity index (χ3n) is 6.31. The molecule has 1 heterocycles.